The Bertz CT molecular complexity index is 770. The van der Waals surface area contributed by atoms with Crippen molar-refractivity contribution in [2.45, 2.75) is 26.8 Å². The third-order valence-corrected chi connectivity index (χ3v) is 5.32. The van der Waals surface area contributed by atoms with Crippen LogP contribution in [0.4, 0.5) is 5.82 Å². The third kappa shape index (κ3) is 4.96. The molecule has 0 bridgehead atoms. The number of benzene rings is 1. The van der Waals surface area contributed by atoms with Crippen molar-refractivity contribution in [2.24, 2.45) is 11.7 Å². The van der Waals surface area contributed by atoms with E-state index in [9.17, 15) is 0 Å². The molecule has 0 radical (unpaired) electrons. The predicted molar refractivity (Wildman–Crippen MR) is 110 cm³/mol. The van der Waals surface area contributed by atoms with Crippen molar-refractivity contribution in [1.29, 1.82) is 0 Å². The van der Waals surface area contributed by atoms with Crippen molar-refractivity contribution < 1.29 is 4.74 Å². The maximum atomic E-state index is 6.29. The zero-order valence-electron chi connectivity index (χ0n) is 16.0. The summed E-state index contributed by atoms with van der Waals surface area (Å²) in [4.78, 5) is 11.8. The van der Waals surface area contributed by atoms with Gasteiger partial charge in [0.1, 0.15) is 5.82 Å². The Balaban J connectivity index is 1.88. The molecule has 0 saturated carbocycles. The molecule has 1 atom stereocenters. The number of halogens is 1. The number of hydrogen-bond donors (Lipinski definition) is 2. The number of aryl methyl sites for hydroxylation is 1. The van der Waals surface area contributed by atoms with Gasteiger partial charge in [0.15, 0.2) is 5.82 Å². The van der Waals surface area contributed by atoms with Gasteiger partial charge in [0.25, 0.3) is 0 Å². The first kappa shape index (κ1) is 20.0. The molecule has 1 aromatic carbocycles. The van der Waals surface area contributed by atoms with Crippen molar-refractivity contribution in [1.82, 2.24) is 15.3 Å². The second-order valence-corrected chi connectivity index (χ2v) is 7.31. The number of hydrogen-bond acceptors (Lipinski definition) is 6. The van der Waals surface area contributed by atoms with E-state index in [1.54, 1.807) is 0 Å². The molecule has 1 fully saturated rings. The fourth-order valence-corrected chi connectivity index (χ4v) is 3.43. The van der Waals surface area contributed by atoms with E-state index in [1.165, 1.54) is 0 Å². The van der Waals surface area contributed by atoms with E-state index in [0.29, 0.717) is 38.2 Å². The lowest BCUT2D eigenvalue weighted by molar-refractivity contribution is 0.128. The third-order valence-electron chi connectivity index (χ3n) is 4.91. The summed E-state index contributed by atoms with van der Waals surface area (Å²) in [5.74, 6) is 2.18. The molecule has 0 amide bonds. The van der Waals surface area contributed by atoms with Crippen LogP contribution >= 0.6 is 11.6 Å². The lowest BCUT2D eigenvalue weighted by Crippen LogP contribution is -2.26. The highest BCUT2D eigenvalue weighted by Crippen LogP contribution is 2.28. The summed E-state index contributed by atoms with van der Waals surface area (Å²) in [6.07, 6.45) is 3.00. The fraction of sp³-hybridized carbons (Fsp3) is 0.500. The Labute approximate surface area is 166 Å². The number of nitrogens with zero attached hydrogens (tertiary/aromatic N) is 3. The van der Waals surface area contributed by atoms with Crippen LogP contribution in [-0.4, -0.2) is 42.9 Å². The molecule has 1 unspecified atom stereocenters. The number of anilines is 1. The van der Waals surface area contributed by atoms with Crippen molar-refractivity contribution in [3.8, 4) is 11.4 Å². The van der Waals surface area contributed by atoms with Gasteiger partial charge < -0.3 is 15.4 Å². The maximum absolute atomic E-state index is 6.29. The molecule has 3 N–H and O–H groups in total. The van der Waals surface area contributed by atoms with Gasteiger partial charge in [0, 0.05) is 48.6 Å². The normalized spacial score (nSPS) is 16.9. The van der Waals surface area contributed by atoms with E-state index < -0.39 is 0 Å². The minimum Gasteiger partial charge on any atom is -0.367 e. The van der Waals surface area contributed by atoms with Gasteiger partial charge in [-0.05, 0) is 44.4 Å². The molecule has 0 aliphatic carbocycles. The first-order valence-electron chi connectivity index (χ1n) is 9.48. The summed E-state index contributed by atoms with van der Waals surface area (Å²) in [5.41, 5.74) is 8.91. The van der Waals surface area contributed by atoms with Gasteiger partial charge >= 0.3 is 0 Å². The molecule has 3 rings (SSSR count). The molecule has 1 aliphatic heterocycles. The summed E-state index contributed by atoms with van der Waals surface area (Å²) in [6.45, 7) is 8.43. The summed E-state index contributed by atoms with van der Waals surface area (Å²) >= 11 is 6.29. The van der Waals surface area contributed by atoms with Gasteiger partial charge in [-0.25, -0.2) is 9.97 Å². The average Bonchev–Trinajstić information content (AvgIpc) is 3.16. The number of rotatable bonds is 8. The first-order chi connectivity index (χ1) is 13.1. The zero-order valence-corrected chi connectivity index (χ0v) is 16.8. The smallest absolute Gasteiger partial charge is 0.161 e. The molecule has 7 heteroatoms. The van der Waals surface area contributed by atoms with Crippen LogP contribution in [0.2, 0.25) is 5.02 Å². The van der Waals surface area contributed by atoms with E-state index in [-0.39, 0.29) is 0 Å². The van der Waals surface area contributed by atoms with Crippen LogP contribution in [0.3, 0.4) is 0 Å². The predicted octanol–water partition coefficient (Wildman–Crippen LogP) is 2.97. The lowest BCUT2D eigenvalue weighted by atomic mass is 10.1. The molecule has 2 aromatic rings. The van der Waals surface area contributed by atoms with E-state index >= 15 is 0 Å². The topological polar surface area (TPSA) is 76.3 Å². The van der Waals surface area contributed by atoms with Gasteiger partial charge in [-0.1, -0.05) is 23.7 Å². The van der Waals surface area contributed by atoms with E-state index in [2.05, 4.69) is 15.2 Å². The van der Waals surface area contributed by atoms with Crippen molar-refractivity contribution in [3.05, 3.63) is 40.5 Å². The van der Waals surface area contributed by atoms with Crippen LogP contribution in [0, 0.1) is 12.8 Å². The first-order valence-corrected chi connectivity index (χ1v) is 9.86. The summed E-state index contributed by atoms with van der Waals surface area (Å²) in [5, 5.41) is 4.02. The monoisotopic (exact) mass is 389 g/mol. The average molecular weight is 390 g/mol. The van der Waals surface area contributed by atoms with E-state index in [1.807, 2.05) is 38.2 Å². The van der Waals surface area contributed by atoms with Gasteiger partial charge in [-0.15, -0.1) is 0 Å². The molecule has 6 nitrogen and oxygen atoms in total. The SMILES string of the molecule is CCOCNCc1cnc(-c2ccc(C)c(Cl)c2)nc1N1CCC(CN)C1. The molecular formula is C20H28ClN5O. The minimum absolute atomic E-state index is 0.511. The highest BCUT2D eigenvalue weighted by Gasteiger charge is 2.25. The van der Waals surface area contributed by atoms with Crippen molar-refractivity contribution in [2.75, 3.05) is 37.9 Å². The number of nitrogens with two attached hydrogens (primary N) is 1. The summed E-state index contributed by atoms with van der Waals surface area (Å²) < 4.78 is 5.38. The van der Waals surface area contributed by atoms with Gasteiger partial charge in [0.2, 0.25) is 0 Å². The Kier molecular flexibility index (Phi) is 7.01. The van der Waals surface area contributed by atoms with Gasteiger partial charge in [-0.3, -0.25) is 5.32 Å². The van der Waals surface area contributed by atoms with Crippen LogP contribution in [0.1, 0.15) is 24.5 Å². The van der Waals surface area contributed by atoms with Crippen LogP contribution < -0.4 is 16.0 Å². The number of ether oxygens (including phenoxy) is 1. The van der Waals surface area contributed by atoms with Gasteiger partial charge in [-0.2, -0.15) is 0 Å². The van der Waals surface area contributed by atoms with Crippen LogP contribution in [0.25, 0.3) is 11.4 Å². The Hall–Kier alpha value is -1.73. The fourth-order valence-electron chi connectivity index (χ4n) is 3.24. The summed E-state index contributed by atoms with van der Waals surface area (Å²) in [6, 6.07) is 5.94. The van der Waals surface area contributed by atoms with Crippen LogP contribution in [-0.2, 0) is 11.3 Å². The standard InChI is InChI=1S/C20H28ClN5O/c1-3-27-13-23-10-17-11-24-19(16-5-4-14(2)18(21)8-16)25-20(17)26-7-6-15(9-22)12-26/h4-5,8,11,15,23H,3,6-7,9-10,12-13,22H2,1-2H3. The Morgan fingerprint density at radius 3 is 2.96 bits per heavy atom. The van der Waals surface area contributed by atoms with E-state index in [4.69, 9.17) is 27.1 Å². The zero-order chi connectivity index (χ0) is 19.2. The van der Waals surface area contributed by atoms with Gasteiger partial charge in [0.05, 0.1) is 6.73 Å². The van der Waals surface area contributed by atoms with E-state index in [0.717, 1.165) is 47.0 Å². The minimum atomic E-state index is 0.511. The van der Waals surface area contributed by atoms with Crippen LogP contribution in [0.15, 0.2) is 24.4 Å². The number of nitrogens with one attached hydrogen (secondary N) is 1. The highest BCUT2D eigenvalue weighted by atomic mass is 35.5. The molecule has 1 aromatic heterocycles. The second kappa shape index (κ2) is 9.46. The van der Waals surface area contributed by atoms with Crippen molar-refractivity contribution >= 4 is 17.4 Å². The largest absolute Gasteiger partial charge is 0.367 e. The Morgan fingerprint density at radius 2 is 2.26 bits per heavy atom. The molecule has 27 heavy (non-hydrogen) atoms. The Morgan fingerprint density at radius 1 is 1.41 bits per heavy atom. The molecule has 0 spiro atoms. The second-order valence-electron chi connectivity index (χ2n) is 6.91. The molecular weight excluding hydrogens is 362 g/mol. The summed E-state index contributed by atoms with van der Waals surface area (Å²) in [7, 11) is 0. The van der Waals surface area contributed by atoms with Crippen molar-refractivity contribution in [3.63, 3.8) is 0 Å². The molecule has 1 aliphatic rings. The number of aromatic nitrogens is 2. The van der Waals surface area contributed by atoms with Crippen LogP contribution in [0.5, 0.6) is 0 Å². The maximum Gasteiger partial charge on any atom is 0.161 e. The quantitative estimate of drug-likeness (QED) is 0.534. The molecule has 1 saturated heterocycles. The lowest BCUT2D eigenvalue weighted by Gasteiger charge is -2.21. The highest BCUT2D eigenvalue weighted by molar-refractivity contribution is 6.31. The molecule has 146 valence electrons. The molecule has 2 heterocycles.